The molecule has 0 saturated carbocycles. The minimum absolute atomic E-state index is 0.0460. The zero-order chi connectivity index (χ0) is 10.6. The molecule has 1 aliphatic rings. The molecule has 0 aromatic rings. The Kier molecular flexibility index (Phi) is 4.35. The minimum atomic E-state index is -0.0460. The van der Waals surface area contributed by atoms with E-state index in [1.165, 1.54) is 19.4 Å². The van der Waals surface area contributed by atoms with Gasteiger partial charge in [-0.1, -0.05) is 6.92 Å². The topological polar surface area (TPSA) is 38.5 Å². The SMILES string of the molecule is CCC(C)(N)CN1CCCC(OC)C1. The monoisotopic (exact) mass is 200 g/mol. The van der Waals surface area contributed by atoms with Gasteiger partial charge in [-0.2, -0.15) is 0 Å². The van der Waals surface area contributed by atoms with Crippen LogP contribution in [0.15, 0.2) is 0 Å². The molecule has 1 saturated heterocycles. The van der Waals surface area contributed by atoms with Crippen molar-refractivity contribution < 1.29 is 4.74 Å². The average Bonchev–Trinajstić information content (AvgIpc) is 2.17. The van der Waals surface area contributed by atoms with Crippen LogP contribution < -0.4 is 5.73 Å². The Morgan fingerprint density at radius 2 is 2.29 bits per heavy atom. The van der Waals surface area contributed by atoms with E-state index in [1.807, 2.05) is 0 Å². The molecule has 1 fully saturated rings. The van der Waals surface area contributed by atoms with Crippen molar-refractivity contribution in [2.24, 2.45) is 5.73 Å². The van der Waals surface area contributed by atoms with E-state index in [1.54, 1.807) is 7.11 Å². The second-order valence-electron chi connectivity index (χ2n) is 4.74. The fraction of sp³-hybridized carbons (Fsp3) is 1.00. The number of ether oxygens (including phenoxy) is 1. The highest BCUT2D eigenvalue weighted by atomic mass is 16.5. The van der Waals surface area contributed by atoms with Crippen LogP contribution >= 0.6 is 0 Å². The van der Waals surface area contributed by atoms with E-state index < -0.39 is 0 Å². The summed E-state index contributed by atoms with van der Waals surface area (Å²) < 4.78 is 5.39. The fourth-order valence-electron chi connectivity index (χ4n) is 1.97. The van der Waals surface area contributed by atoms with Crippen molar-refractivity contribution in [3.8, 4) is 0 Å². The van der Waals surface area contributed by atoms with Gasteiger partial charge in [0.2, 0.25) is 0 Å². The normalized spacial score (nSPS) is 28.7. The Hall–Kier alpha value is -0.120. The molecule has 14 heavy (non-hydrogen) atoms. The van der Waals surface area contributed by atoms with E-state index in [-0.39, 0.29) is 5.54 Å². The van der Waals surface area contributed by atoms with Crippen LogP contribution in [0.5, 0.6) is 0 Å². The van der Waals surface area contributed by atoms with Gasteiger partial charge in [-0.05, 0) is 32.7 Å². The molecule has 0 spiro atoms. The number of hydrogen-bond acceptors (Lipinski definition) is 3. The molecule has 1 rings (SSSR count). The molecule has 1 aliphatic heterocycles. The zero-order valence-electron chi connectivity index (χ0n) is 9.75. The molecule has 1 heterocycles. The van der Waals surface area contributed by atoms with Crippen LogP contribution in [0.1, 0.15) is 33.1 Å². The molecule has 84 valence electrons. The molecule has 3 nitrogen and oxygen atoms in total. The summed E-state index contributed by atoms with van der Waals surface area (Å²) in [6, 6.07) is 0. The molecule has 0 amide bonds. The third kappa shape index (κ3) is 3.56. The van der Waals surface area contributed by atoms with Gasteiger partial charge in [0.15, 0.2) is 0 Å². The Labute approximate surface area is 87.6 Å². The zero-order valence-corrected chi connectivity index (χ0v) is 9.75. The standard InChI is InChI=1S/C11H24N2O/c1-4-11(2,12)9-13-7-5-6-10(8-13)14-3/h10H,4-9,12H2,1-3H3. The molecule has 0 aromatic carbocycles. The summed E-state index contributed by atoms with van der Waals surface area (Å²) in [5.41, 5.74) is 6.11. The first kappa shape index (κ1) is 12.0. The Morgan fingerprint density at radius 3 is 2.86 bits per heavy atom. The lowest BCUT2D eigenvalue weighted by atomic mass is 9.98. The lowest BCUT2D eigenvalue weighted by Gasteiger charge is -2.37. The lowest BCUT2D eigenvalue weighted by Crippen LogP contribution is -2.51. The highest BCUT2D eigenvalue weighted by molar-refractivity contribution is 4.84. The largest absolute Gasteiger partial charge is 0.380 e. The predicted octanol–water partition coefficient (Wildman–Crippen LogP) is 1.22. The first-order valence-electron chi connectivity index (χ1n) is 5.61. The third-order valence-corrected chi connectivity index (χ3v) is 3.19. The van der Waals surface area contributed by atoms with E-state index in [4.69, 9.17) is 10.5 Å². The van der Waals surface area contributed by atoms with Gasteiger partial charge in [-0.3, -0.25) is 4.90 Å². The predicted molar refractivity (Wildman–Crippen MR) is 59.4 cm³/mol. The summed E-state index contributed by atoms with van der Waals surface area (Å²) in [7, 11) is 1.80. The number of methoxy groups -OCH3 is 1. The summed E-state index contributed by atoms with van der Waals surface area (Å²) in [5, 5.41) is 0. The van der Waals surface area contributed by atoms with Gasteiger partial charge in [0, 0.05) is 25.7 Å². The second kappa shape index (κ2) is 5.10. The van der Waals surface area contributed by atoms with Crippen LogP contribution in [0, 0.1) is 0 Å². The maximum Gasteiger partial charge on any atom is 0.0698 e. The smallest absolute Gasteiger partial charge is 0.0698 e. The number of piperidine rings is 1. The van der Waals surface area contributed by atoms with Crippen LogP contribution in [0.25, 0.3) is 0 Å². The molecular formula is C11H24N2O. The molecule has 2 N–H and O–H groups in total. The van der Waals surface area contributed by atoms with E-state index >= 15 is 0 Å². The lowest BCUT2D eigenvalue weighted by molar-refractivity contribution is 0.0243. The van der Waals surface area contributed by atoms with Crippen LogP contribution in [0.4, 0.5) is 0 Å². The van der Waals surface area contributed by atoms with Gasteiger partial charge in [-0.25, -0.2) is 0 Å². The Bertz CT molecular complexity index is 171. The van der Waals surface area contributed by atoms with Crippen LogP contribution in [0.3, 0.4) is 0 Å². The quantitative estimate of drug-likeness (QED) is 0.741. The van der Waals surface area contributed by atoms with E-state index in [2.05, 4.69) is 18.7 Å². The van der Waals surface area contributed by atoms with E-state index in [0.717, 1.165) is 19.5 Å². The average molecular weight is 200 g/mol. The van der Waals surface area contributed by atoms with Crippen molar-refractivity contribution in [3.63, 3.8) is 0 Å². The van der Waals surface area contributed by atoms with Gasteiger partial charge >= 0.3 is 0 Å². The summed E-state index contributed by atoms with van der Waals surface area (Å²) >= 11 is 0. The second-order valence-corrected chi connectivity index (χ2v) is 4.74. The van der Waals surface area contributed by atoms with Crippen LogP contribution in [0.2, 0.25) is 0 Å². The van der Waals surface area contributed by atoms with Crippen molar-refractivity contribution in [2.75, 3.05) is 26.7 Å². The van der Waals surface area contributed by atoms with Crippen molar-refractivity contribution in [1.29, 1.82) is 0 Å². The summed E-state index contributed by atoms with van der Waals surface area (Å²) in [6.07, 6.45) is 3.87. The first-order valence-corrected chi connectivity index (χ1v) is 5.61. The third-order valence-electron chi connectivity index (χ3n) is 3.19. The number of hydrogen-bond donors (Lipinski definition) is 1. The van der Waals surface area contributed by atoms with Gasteiger partial charge in [0.05, 0.1) is 6.10 Å². The fourth-order valence-corrected chi connectivity index (χ4v) is 1.97. The van der Waals surface area contributed by atoms with Crippen molar-refractivity contribution in [2.45, 2.75) is 44.8 Å². The molecule has 0 aliphatic carbocycles. The van der Waals surface area contributed by atoms with Gasteiger partial charge in [-0.15, -0.1) is 0 Å². The van der Waals surface area contributed by atoms with Gasteiger partial charge in [0.1, 0.15) is 0 Å². The molecule has 2 unspecified atom stereocenters. The van der Waals surface area contributed by atoms with Gasteiger partial charge < -0.3 is 10.5 Å². The minimum Gasteiger partial charge on any atom is -0.380 e. The summed E-state index contributed by atoms with van der Waals surface area (Å²) in [5.74, 6) is 0. The maximum absolute atomic E-state index is 6.15. The number of likely N-dealkylation sites (tertiary alicyclic amines) is 1. The van der Waals surface area contributed by atoms with Gasteiger partial charge in [0.25, 0.3) is 0 Å². The van der Waals surface area contributed by atoms with Crippen molar-refractivity contribution in [1.82, 2.24) is 4.90 Å². The molecule has 0 radical (unpaired) electrons. The van der Waals surface area contributed by atoms with Crippen molar-refractivity contribution >= 4 is 0 Å². The summed E-state index contributed by atoms with van der Waals surface area (Å²) in [6.45, 7) is 7.49. The molecule has 2 atom stereocenters. The molecule has 0 aromatic heterocycles. The Morgan fingerprint density at radius 1 is 1.57 bits per heavy atom. The Balaban J connectivity index is 2.37. The van der Waals surface area contributed by atoms with Crippen molar-refractivity contribution in [3.05, 3.63) is 0 Å². The number of rotatable bonds is 4. The maximum atomic E-state index is 6.15. The number of nitrogens with zero attached hydrogens (tertiary/aromatic N) is 1. The van der Waals surface area contributed by atoms with E-state index in [9.17, 15) is 0 Å². The highest BCUT2D eigenvalue weighted by Crippen LogP contribution is 2.15. The van der Waals surface area contributed by atoms with Crippen LogP contribution in [-0.2, 0) is 4.74 Å². The van der Waals surface area contributed by atoms with Crippen LogP contribution in [-0.4, -0.2) is 43.3 Å². The molecule has 3 heteroatoms. The molecule has 0 bridgehead atoms. The molecular weight excluding hydrogens is 176 g/mol. The van der Waals surface area contributed by atoms with E-state index in [0.29, 0.717) is 6.10 Å². The highest BCUT2D eigenvalue weighted by Gasteiger charge is 2.25. The summed E-state index contributed by atoms with van der Waals surface area (Å²) in [4.78, 5) is 2.43. The first-order chi connectivity index (χ1) is 6.57. The number of nitrogens with two attached hydrogens (primary N) is 1.